The molecular formula is C12H22N4O2. The van der Waals surface area contributed by atoms with Crippen molar-refractivity contribution in [3.63, 3.8) is 0 Å². The number of ether oxygens (including phenoxy) is 2. The van der Waals surface area contributed by atoms with Crippen molar-refractivity contribution in [3.05, 3.63) is 5.82 Å². The maximum atomic E-state index is 5.05. The fourth-order valence-electron chi connectivity index (χ4n) is 1.51. The Morgan fingerprint density at radius 2 is 1.61 bits per heavy atom. The summed E-state index contributed by atoms with van der Waals surface area (Å²) >= 11 is 0. The minimum Gasteiger partial charge on any atom is -0.467 e. The third kappa shape index (κ3) is 3.80. The smallest absolute Gasteiger partial charge is 0.322 e. The molecule has 2 atom stereocenters. The second-order valence-electron chi connectivity index (χ2n) is 4.20. The summed E-state index contributed by atoms with van der Waals surface area (Å²) in [6.07, 6.45) is 1.10. The van der Waals surface area contributed by atoms with Gasteiger partial charge in [-0.2, -0.15) is 9.97 Å². The number of nitrogens with one attached hydrogen (secondary N) is 1. The van der Waals surface area contributed by atoms with E-state index in [2.05, 4.69) is 41.0 Å². The number of hydrogen-bond donors (Lipinski definition) is 1. The normalized spacial score (nSPS) is 14.1. The van der Waals surface area contributed by atoms with E-state index in [4.69, 9.17) is 9.47 Å². The topological polar surface area (TPSA) is 69.2 Å². The monoisotopic (exact) mass is 254 g/mol. The largest absolute Gasteiger partial charge is 0.467 e. The van der Waals surface area contributed by atoms with Crippen molar-refractivity contribution in [2.45, 2.75) is 39.2 Å². The van der Waals surface area contributed by atoms with Crippen molar-refractivity contribution < 1.29 is 9.47 Å². The zero-order valence-corrected chi connectivity index (χ0v) is 11.7. The molecule has 0 spiro atoms. The summed E-state index contributed by atoms with van der Waals surface area (Å²) in [4.78, 5) is 12.5. The van der Waals surface area contributed by atoms with Gasteiger partial charge >= 0.3 is 12.0 Å². The zero-order valence-electron chi connectivity index (χ0n) is 11.7. The highest BCUT2D eigenvalue weighted by molar-refractivity contribution is 5.09. The van der Waals surface area contributed by atoms with Crippen molar-refractivity contribution in [2.75, 3.05) is 20.8 Å². The van der Waals surface area contributed by atoms with Crippen LogP contribution >= 0.6 is 0 Å². The lowest BCUT2D eigenvalue weighted by Gasteiger charge is -2.20. The molecule has 102 valence electrons. The highest BCUT2D eigenvalue weighted by atomic mass is 16.5. The molecule has 6 heteroatoms. The molecule has 0 aliphatic carbocycles. The van der Waals surface area contributed by atoms with Gasteiger partial charge in [0.1, 0.15) is 5.82 Å². The van der Waals surface area contributed by atoms with Gasteiger partial charge in [-0.05, 0) is 19.9 Å². The number of aromatic nitrogens is 3. The maximum absolute atomic E-state index is 5.05. The van der Waals surface area contributed by atoms with Gasteiger partial charge in [0, 0.05) is 12.0 Å². The summed E-state index contributed by atoms with van der Waals surface area (Å²) in [6.45, 7) is 7.30. The van der Waals surface area contributed by atoms with Crippen molar-refractivity contribution in [1.82, 2.24) is 20.3 Å². The van der Waals surface area contributed by atoms with E-state index in [9.17, 15) is 0 Å². The third-order valence-electron chi connectivity index (χ3n) is 2.85. The minimum atomic E-state index is 0.155. The van der Waals surface area contributed by atoms with Gasteiger partial charge in [0.05, 0.1) is 14.2 Å². The Morgan fingerprint density at radius 3 is 2.06 bits per heavy atom. The van der Waals surface area contributed by atoms with E-state index in [-0.39, 0.29) is 24.0 Å². The van der Waals surface area contributed by atoms with Gasteiger partial charge in [0.2, 0.25) is 0 Å². The first-order valence-electron chi connectivity index (χ1n) is 6.19. The van der Waals surface area contributed by atoms with E-state index in [1.54, 1.807) is 0 Å². The fourth-order valence-corrected chi connectivity index (χ4v) is 1.51. The lowest BCUT2D eigenvalue weighted by atomic mass is 10.0. The zero-order chi connectivity index (χ0) is 13.5. The van der Waals surface area contributed by atoms with E-state index in [0.29, 0.717) is 5.82 Å². The number of rotatable bonds is 7. The molecule has 0 saturated carbocycles. The highest BCUT2D eigenvalue weighted by Gasteiger charge is 2.19. The van der Waals surface area contributed by atoms with Gasteiger partial charge in [-0.1, -0.05) is 13.8 Å². The summed E-state index contributed by atoms with van der Waals surface area (Å²) in [7, 11) is 3.06. The van der Waals surface area contributed by atoms with Crippen LogP contribution in [0.4, 0.5) is 0 Å². The van der Waals surface area contributed by atoms with Gasteiger partial charge in [0.15, 0.2) is 0 Å². The minimum absolute atomic E-state index is 0.155. The fraction of sp³-hybridized carbons (Fsp3) is 0.750. The molecule has 1 aromatic heterocycles. The summed E-state index contributed by atoms with van der Waals surface area (Å²) in [5.74, 6) is 0.831. The number of nitrogens with zero attached hydrogens (tertiary/aromatic N) is 3. The molecule has 2 unspecified atom stereocenters. The molecule has 1 rings (SSSR count). The molecule has 1 aromatic rings. The predicted octanol–water partition coefficient (Wildman–Crippen LogP) is 1.38. The summed E-state index contributed by atoms with van der Waals surface area (Å²) in [5.41, 5.74) is 0. The molecule has 0 saturated heterocycles. The van der Waals surface area contributed by atoms with Crippen LogP contribution in [0.1, 0.15) is 38.9 Å². The predicted molar refractivity (Wildman–Crippen MR) is 69.1 cm³/mol. The summed E-state index contributed by atoms with van der Waals surface area (Å²) in [5, 5.41) is 3.42. The first-order chi connectivity index (χ1) is 8.62. The maximum Gasteiger partial charge on any atom is 0.322 e. The second-order valence-corrected chi connectivity index (χ2v) is 4.20. The second kappa shape index (κ2) is 7.10. The molecule has 1 heterocycles. The van der Waals surface area contributed by atoms with Gasteiger partial charge in [0.25, 0.3) is 0 Å². The Morgan fingerprint density at radius 1 is 1.06 bits per heavy atom. The van der Waals surface area contributed by atoms with Crippen molar-refractivity contribution in [1.29, 1.82) is 0 Å². The molecule has 0 aliphatic rings. The van der Waals surface area contributed by atoms with Crippen LogP contribution in [0, 0.1) is 0 Å². The highest BCUT2D eigenvalue weighted by Crippen LogP contribution is 2.19. The molecule has 18 heavy (non-hydrogen) atoms. The molecule has 6 nitrogen and oxygen atoms in total. The van der Waals surface area contributed by atoms with Crippen LogP contribution in [0.15, 0.2) is 0 Å². The molecule has 0 bridgehead atoms. The Kier molecular flexibility index (Phi) is 5.77. The lowest BCUT2D eigenvalue weighted by molar-refractivity contribution is 0.331. The quantitative estimate of drug-likeness (QED) is 0.792. The van der Waals surface area contributed by atoms with Crippen molar-refractivity contribution in [2.24, 2.45) is 0 Å². The van der Waals surface area contributed by atoms with E-state index < -0.39 is 0 Å². The Bertz CT molecular complexity index is 351. The Labute approximate surface area is 108 Å². The van der Waals surface area contributed by atoms with E-state index in [0.717, 1.165) is 13.0 Å². The van der Waals surface area contributed by atoms with Crippen LogP contribution in [0.5, 0.6) is 12.0 Å². The Hall–Kier alpha value is -1.43. The van der Waals surface area contributed by atoms with Crippen LogP contribution in [0.2, 0.25) is 0 Å². The number of methoxy groups -OCH3 is 2. The average Bonchev–Trinajstić information content (AvgIpc) is 2.43. The van der Waals surface area contributed by atoms with Crippen LogP contribution in [0.25, 0.3) is 0 Å². The first-order valence-corrected chi connectivity index (χ1v) is 6.19. The Balaban J connectivity index is 2.86. The summed E-state index contributed by atoms with van der Waals surface area (Å²) in [6, 6.07) is 0.847. The number of hydrogen-bond acceptors (Lipinski definition) is 6. The van der Waals surface area contributed by atoms with Crippen LogP contribution in [0.3, 0.4) is 0 Å². The molecule has 0 amide bonds. The molecule has 0 radical (unpaired) electrons. The average molecular weight is 254 g/mol. The van der Waals surface area contributed by atoms with Gasteiger partial charge in [-0.3, -0.25) is 0 Å². The lowest BCUT2D eigenvalue weighted by Crippen LogP contribution is -2.32. The van der Waals surface area contributed by atoms with Gasteiger partial charge in [-0.15, -0.1) is 4.98 Å². The van der Waals surface area contributed by atoms with E-state index >= 15 is 0 Å². The van der Waals surface area contributed by atoms with Crippen LogP contribution < -0.4 is 14.8 Å². The molecule has 0 aliphatic heterocycles. The summed E-state index contributed by atoms with van der Waals surface area (Å²) < 4.78 is 10.1. The standard InChI is InChI=1S/C12H22N4O2/c1-6-7-13-9(3)8(2)10-14-11(17-4)16-12(15-10)18-5/h8-9,13H,6-7H2,1-5H3. The molecule has 1 N–H and O–H groups in total. The molecule has 0 aromatic carbocycles. The van der Waals surface area contributed by atoms with E-state index in [1.165, 1.54) is 14.2 Å². The van der Waals surface area contributed by atoms with Crippen molar-refractivity contribution in [3.8, 4) is 12.0 Å². The van der Waals surface area contributed by atoms with Gasteiger partial charge in [-0.25, -0.2) is 0 Å². The molecule has 0 fully saturated rings. The van der Waals surface area contributed by atoms with Gasteiger partial charge < -0.3 is 14.8 Å². The first kappa shape index (κ1) is 14.6. The van der Waals surface area contributed by atoms with Crippen molar-refractivity contribution >= 4 is 0 Å². The van der Waals surface area contributed by atoms with Crippen LogP contribution in [-0.2, 0) is 0 Å². The van der Waals surface area contributed by atoms with Crippen LogP contribution in [-0.4, -0.2) is 41.8 Å². The third-order valence-corrected chi connectivity index (χ3v) is 2.85. The SMILES string of the molecule is CCCNC(C)C(C)c1nc(OC)nc(OC)n1. The molecular weight excluding hydrogens is 232 g/mol. The van der Waals surface area contributed by atoms with E-state index in [1.807, 2.05) is 0 Å².